The summed E-state index contributed by atoms with van der Waals surface area (Å²) in [7, 11) is 1.80. The Hall–Kier alpha value is -0.740. The van der Waals surface area contributed by atoms with Crippen LogP contribution >= 0.6 is 0 Å². The van der Waals surface area contributed by atoms with E-state index in [-0.39, 0.29) is 40.2 Å². The quantitative estimate of drug-likeness (QED) is 0.154. The lowest BCUT2D eigenvalue weighted by atomic mass is 9.38. The molecule has 7 rings (SSSR count). The molecule has 0 radical (unpaired) electrons. The molecule has 316 valence electrons. The molecule has 3 saturated heterocycles. The second-order valence-corrected chi connectivity index (χ2v) is 20.3. The highest BCUT2D eigenvalue weighted by Crippen LogP contribution is 2.75. The fraction of sp³-hybridized carbons (Fsp3) is 0.953. The van der Waals surface area contributed by atoms with Crippen LogP contribution in [0.25, 0.3) is 0 Å². The zero-order valence-corrected chi connectivity index (χ0v) is 34.7. The van der Waals surface area contributed by atoms with Crippen molar-refractivity contribution in [3.8, 4) is 0 Å². The lowest BCUT2D eigenvalue weighted by Crippen LogP contribution is -2.66. The first-order valence-electron chi connectivity index (χ1n) is 21.3. The summed E-state index contributed by atoms with van der Waals surface area (Å²) < 4.78 is 37.2. The van der Waals surface area contributed by atoms with E-state index in [1.807, 2.05) is 0 Å². The summed E-state index contributed by atoms with van der Waals surface area (Å²) in [6.07, 6.45) is -1.61. The molecule has 7 aliphatic rings. The standard InChI is InChI=1S/C43H72O12/c1-21(2)18-23-19-24(37(50-9)52-23)25-12-16-43(8)27-10-11-29-40(4,5)30(14-15-41(29,6)26(27)13-17-42(25,43)7)54-39-36(34(48)32(46)28(20-44)53-39)55-38-35(49)33(47)31(45)22(3)51-38/h18,22-39,44-49H,10-17,19-20H2,1-9H3/t22-,23+,24-,25-,26-,27+,28+,29-,30-,31-,32+,33+,34-,35+,36+,37+,38-,39-,41+,42-,43+/m0/s1. The first kappa shape index (κ1) is 42.4. The predicted octanol–water partition coefficient (Wildman–Crippen LogP) is 4.05. The van der Waals surface area contributed by atoms with Gasteiger partial charge in [-0.3, -0.25) is 0 Å². The van der Waals surface area contributed by atoms with E-state index in [2.05, 4.69) is 54.5 Å². The average molecular weight is 781 g/mol. The molecule has 0 aromatic heterocycles. The van der Waals surface area contributed by atoms with Crippen molar-refractivity contribution in [2.45, 2.75) is 193 Å². The van der Waals surface area contributed by atoms with E-state index in [9.17, 15) is 30.6 Å². The zero-order chi connectivity index (χ0) is 40.0. The van der Waals surface area contributed by atoms with Crippen molar-refractivity contribution in [1.82, 2.24) is 0 Å². The van der Waals surface area contributed by atoms with Gasteiger partial charge in [0.1, 0.15) is 42.7 Å². The summed E-state index contributed by atoms with van der Waals surface area (Å²) in [4.78, 5) is 0. The van der Waals surface area contributed by atoms with Gasteiger partial charge >= 0.3 is 0 Å². The lowest BCUT2D eigenvalue weighted by Gasteiger charge is -2.68. The molecule has 0 amide bonds. The van der Waals surface area contributed by atoms with Crippen molar-refractivity contribution in [2.75, 3.05) is 13.7 Å². The third-order valence-electron chi connectivity index (χ3n) is 17.1. The number of aliphatic hydroxyl groups excluding tert-OH is 6. The number of fused-ring (bicyclic) bond motifs is 5. The number of rotatable bonds is 8. The maximum atomic E-state index is 11.3. The van der Waals surface area contributed by atoms with Crippen LogP contribution < -0.4 is 0 Å². The maximum absolute atomic E-state index is 11.3. The summed E-state index contributed by atoms with van der Waals surface area (Å²) in [6.45, 7) is 17.6. The molecule has 6 N–H and O–H groups in total. The summed E-state index contributed by atoms with van der Waals surface area (Å²) in [6, 6.07) is 0. The highest BCUT2D eigenvalue weighted by atomic mass is 16.8. The minimum atomic E-state index is -1.62. The Morgan fingerprint density at radius 2 is 1.36 bits per heavy atom. The molecule has 0 aromatic carbocycles. The van der Waals surface area contributed by atoms with E-state index in [0.717, 1.165) is 25.7 Å². The Labute approximate surface area is 328 Å². The average Bonchev–Trinajstić information content (AvgIpc) is 3.66. The van der Waals surface area contributed by atoms with Crippen LogP contribution in [-0.2, 0) is 28.4 Å². The van der Waals surface area contributed by atoms with Crippen molar-refractivity contribution in [3.05, 3.63) is 11.6 Å². The second-order valence-electron chi connectivity index (χ2n) is 20.3. The van der Waals surface area contributed by atoms with Crippen molar-refractivity contribution in [2.24, 2.45) is 51.2 Å². The molecular formula is C43H72O12. The molecule has 4 saturated carbocycles. The Morgan fingerprint density at radius 1 is 0.691 bits per heavy atom. The molecule has 0 spiro atoms. The monoisotopic (exact) mass is 781 g/mol. The van der Waals surface area contributed by atoms with Crippen molar-refractivity contribution in [1.29, 1.82) is 0 Å². The molecule has 3 aliphatic heterocycles. The van der Waals surface area contributed by atoms with Crippen LogP contribution in [0, 0.1) is 51.2 Å². The molecule has 0 unspecified atom stereocenters. The van der Waals surface area contributed by atoms with E-state index in [1.165, 1.54) is 37.7 Å². The van der Waals surface area contributed by atoms with Gasteiger partial charge in [-0.25, -0.2) is 0 Å². The van der Waals surface area contributed by atoms with Gasteiger partial charge in [0.05, 0.1) is 24.9 Å². The van der Waals surface area contributed by atoms with Gasteiger partial charge in [-0.05, 0) is 124 Å². The summed E-state index contributed by atoms with van der Waals surface area (Å²) in [5.41, 5.74) is 1.54. The van der Waals surface area contributed by atoms with Gasteiger partial charge in [0, 0.05) is 13.0 Å². The molecule has 55 heavy (non-hydrogen) atoms. The third kappa shape index (κ3) is 6.82. The largest absolute Gasteiger partial charge is 0.394 e. The topological polar surface area (TPSA) is 177 Å². The fourth-order valence-electron chi connectivity index (χ4n) is 14.0. The van der Waals surface area contributed by atoms with Crippen LogP contribution in [0.15, 0.2) is 11.6 Å². The molecular weight excluding hydrogens is 708 g/mol. The van der Waals surface area contributed by atoms with Gasteiger partial charge in [0.2, 0.25) is 0 Å². The molecule has 7 fully saturated rings. The Bertz CT molecular complexity index is 1390. The highest BCUT2D eigenvalue weighted by molar-refractivity contribution is 5.17. The minimum absolute atomic E-state index is 0.106. The number of ether oxygens (including phenoxy) is 6. The fourth-order valence-corrected chi connectivity index (χ4v) is 14.0. The van der Waals surface area contributed by atoms with Crippen LogP contribution in [0.4, 0.5) is 0 Å². The van der Waals surface area contributed by atoms with Gasteiger partial charge in [-0.2, -0.15) is 0 Å². The second kappa shape index (κ2) is 15.4. The Balaban J connectivity index is 1.09. The first-order valence-corrected chi connectivity index (χ1v) is 21.3. The minimum Gasteiger partial charge on any atom is -0.394 e. The summed E-state index contributed by atoms with van der Waals surface area (Å²) >= 11 is 0. The Morgan fingerprint density at radius 3 is 2.02 bits per heavy atom. The number of methoxy groups -OCH3 is 1. The van der Waals surface area contributed by atoms with E-state index < -0.39 is 68.0 Å². The molecule has 4 aliphatic carbocycles. The highest BCUT2D eigenvalue weighted by Gasteiger charge is 2.69. The van der Waals surface area contributed by atoms with Gasteiger partial charge < -0.3 is 59.1 Å². The van der Waals surface area contributed by atoms with Crippen LogP contribution in [-0.4, -0.2) is 124 Å². The molecule has 3 heterocycles. The number of hydrogen-bond donors (Lipinski definition) is 6. The number of hydrogen-bond acceptors (Lipinski definition) is 12. The van der Waals surface area contributed by atoms with Crippen LogP contribution in [0.2, 0.25) is 0 Å². The van der Waals surface area contributed by atoms with Gasteiger partial charge in [-0.1, -0.05) is 46.3 Å². The number of allylic oxidation sites excluding steroid dienone is 1. The van der Waals surface area contributed by atoms with E-state index in [0.29, 0.717) is 29.6 Å². The summed E-state index contributed by atoms with van der Waals surface area (Å²) in [5.74, 6) is 2.53. The zero-order valence-electron chi connectivity index (χ0n) is 34.7. The van der Waals surface area contributed by atoms with Crippen molar-refractivity contribution < 1.29 is 59.1 Å². The molecule has 0 bridgehead atoms. The number of aliphatic hydroxyl groups is 6. The first-order chi connectivity index (χ1) is 25.8. The lowest BCUT2D eigenvalue weighted by molar-refractivity contribution is -0.376. The van der Waals surface area contributed by atoms with E-state index in [1.54, 1.807) is 14.0 Å². The normalized spacial score (nSPS) is 55.0. The van der Waals surface area contributed by atoms with Crippen molar-refractivity contribution in [3.63, 3.8) is 0 Å². The third-order valence-corrected chi connectivity index (χ3v) is 17.1. The van der Waals surface area contributed by atoms with Gasteiger partial charge in [-0.15, -0.1) is 0 Å². The molecule has 12 heteroatoms. The predicted molar refractivity (Wildman–Crippen MR) is 202 cm³/mol. The molecule has 12 nitrogen and oxygen atoms in total. The SMILES string of the molecule is CO[C@@H]1O[C@H](C=C(C)C)C[C@H]1[C@@H]1CC[C@]2(C)[C@@H]3CC[C@H]4C(C)(C)[C@@H](O[C@@H]5O[C@H](CO)[C@@H](O)[C@H](O)[C@H]5O[C@@H]5O[C@@H](C)[C@H](O)[C@@H](O)[C@H]5O)CC[C@]4(C)[C@H]3CC[C@@]12C. The van der Waals surface area contributed by atoms with Crippen LogP contribution in [0.5, 0.6) is 0 Å². The van der Waals surface area contributed by atoms with E-state index in [4.69, 9.17) is 28.4 Å². The van der Waals surface area contributed by atoms with Gasteiger partial charge in [0.15, 0.2) is 18.9 Å². The molecule has 0 aromatic rings. The Kier molecular flexibility index (Phi) is 11.9. The van der Waals surface area contributed by atoms with Crippen LogP contribution in [0.3, 0.4) is 0 Å². The van der Waals surface area contributed by atoms with Crippen LogP contribution in [0.1, 0.15) is 113 Å². The molecule has 21 atom stereocenters. The summed E-state index contributed by atoms with van der Waals surface area (Å²) in [5, 5.41) is 63.6. The van der Waals surface area contributed by atoms with Gasteiger partial charge in [0.25, 0.3) is 0 Å². The van der Waals surface area contributed by atoms with E-state index >= 15 is 0 Å². The van der Waals surface area contributed by atoms with Crippen molar-refractivity contribution >= 4 is 0 Å². The maximum Gasteiger partial charge on any atom is 0.187 e. The smallest absolute Gasteiger partial charge is 0.187 e.